The van der Waals surface area contributed by atoms with Gasteiger partial charge in [-0.05, 0) is 25.3 Å². The van der Waals surface area contributed by atoms with Crippen molar-refractivity contribution in [3.05, 3.63) is 24.4 Å². The van der Waals surface area contributed by atoms with Crippen molar-refractivity contribution < 1.29 is 29.6 Å². The van der Waals surface area contributed by atoms with Crippen LogP contribution in [0.4, 0.5) is 0 Å². The summed E-state index contributed by atoms with van der Waals surface area (Å²) in [4.78, 5) is 4.08. The zero-order valence-corrected chi connectivity index (χ0v) is 10.8. The summed E-state index contributed by atoms with van der Waals surface area (Å²) >= 11 is 0. The first-order chi connectivity index (χ1) is 5.45. The Kier molecular flexibility index (Phi) is 10.3. The van der Waals surface area contributed by atoms with Crippen LogP contribution >= 0.6 is 0 Å². The average Bonchev–Trinajstić information content (AvgIpc) is 1.99. The Morgan fingerprint density at radius 1 is 1.21 bits per heavy atom. The molecule has 1 saturated carbocycles. The van der Waals surface area contributed by atoms with Gasteiger partial charge in [-0.3, -0.25) is 0 Å². The molecule has 1 aliphatic rings. The standard InChI is InChI=1S/C9H11NO.2ClH.Mg/c1-2-7-10-9(6-1)11-8-4-3-5-8;;;/h1-2,6-8H,3-5H2;2*1H;/q;;;+2/p-2. The van der Waals surface area contributed by atoms with Gasteiger partial charge >= 0.3 is 23.1 Å². The van der Waals surface area contributed by atoms with Crippen molar-refractivity contribution in [2.24, 2.45) is 0 Å². The fraction of sp³-hybridized carbons (Fsp3) is 0.444. The molecule has 1 fully saturated rings. The molecular weight excluding hydrogens is 233 g/mol. The Bertz CT molecular complexity index is 232. The fourth-order valence-electron chi connectivity index (χ4n) is 1.08. The average molecular weight is 244 g/mol. The predicted octanol–water partition coefficient (Wildman–Crippen LogP) is -4.36. The maximum Gasteiger partial charge on any atom is 2.00 e. The van der Waals surface area contributed by atoms with Gasteiger partial charge in [0.05, 0.1) is 0 Å². The van der Waals surface area contributed by atoms with Gasteiger partial charge < -0.3 is 29.6 Å². The summed E-state index contributed by atoms with van der Waals surface area (Å²) in [7, 11) is 0. The van der Waals surface area contributed by atoms with Crippen molar-refractivity contribution in [2.45, 2.75) is 25.4 Å². The van der Waals surface area contributed by atoms with Gasteiger partial charge in [-0.15, -0.1) is 0 Å². The van der Waals surface area contributed by atoms with Crippen molar-refractivity contribution in [2.75, 3.05) is 0 Å². The molecule has 74 valence electrons. The van der Waals surface area contributed by atoms with Gasteiger partial charge in [0.2, 0.25) is 5.88 Å². The molecule has 0 amide bonds. The van der Waals surface area contributed by atoms with Crippen LogP contribution in [0.3, 0.4) is 0 Å². The van der Waals surface area contributed by atoms with Crippen LogP contribution in [0, 0.1) is 0 Å². The number of hydrogen-bond donors (Lipinski definition) is 0. The molecule has 0 atom stereocenters. The largest absolute Gasteiger partial charge is 2.00 e. The molecule has 1 aromatic rings. The number of hydrogen-bond acceptors (Lipinski definition) is 2. The maximum atomic E-state index is 5.54. The number of ether oxygens (including phenoxy) is 1. The van der Waals surface area contributed by atoms with E-state index in [2.05, 4.69) is 4.98 Å². The van der Waals surface area contributed by atoms with Crippen molar-refractivity contribution in [3.63, 3.8) is 0 Å². The van der Waals surface area contributed by atoms with Gasteiger partial charge in [-0.25, -0.2) is 4.98 Å². The van der Waals surface area contributed by atoms with Crippen LogP contribution < -0.4 is 29.6 Å². The molecule has 0 spiro atoms. The van der Waals surface area contributed by atoms with Gasteiger partial charge in [0.15, 0.2) is 0 Å². The van der Waals surface area contributed by atoms with Gasteiger partial charge in [0.25, 0.3) is 0 Å². The van der Waals surface area contributed by atoms with E-state index in [4.69, 9.17) is 4.74 Å². The zero-order chi connectivity index (χ0) is 7.52. The van der Waals surface area contributed by atoms with Crippen LogP contribution in [0.2, 0.25) is 0 Å². The van der Waals surface area contributed by atoms with Gasteiger partial charge in [-0.1, -0.05) is 6.07 Å². The summed E-state index contributed by atoms with van der Waals surface area (Å²) in [5.41, 5.74) is 0. The number of aromatic nitrogens is 1. The summed E-state index contributed by atoms with van der Waals surface area (Å²) in [6.45, 7) is 0. The molecule has 0 N–H and O–H groups in total. The molecule has 0 aliphatic heterocycles. The first-order valence-electron chi connectivity index (χ1n) is 4.03. The van der Waals surface area contributed by atoms with Gasteiger partial charge in [0.1, 0.15) is 6.10 Å². The number of pyridine rings is 1. The van der Waals surface area contributed by atoms with Crippen molar-refractivity contribution in [1.29, 1.82) is 0 Å². The molecule has 1 heterocycles. The second kappa shape index (κ2) is 8.59. The van der Waals surface area contributed by atoms with E-state index in [0.717, 1.165) is 5.88 Å². The number of halogens is 2. The maximum absolute atomic E-state index is 5.54. The normalized spacial score (nSPS) is 13.7. The molecule has 0 saturated heterocycles. The second-order valence-electron chi connectivity index (χ2n) is 2.84. The van der Waals surface area contributed by atoms with Crippen LogP contribution in [-0.2, 0) is 0 Å². The number of rotatable bonds is 2. The quantitative estimate of drug-likeness (QED) is 0.491. The predicted molar refractivity (Wildman–Crippen MR) is 48.3 cm³/mol. The third-order valence-electron chi connectivity index (χ3n) is 1.98. The Labute approximate surface area is 113 Å². The fourth-order valence-corrected chi connectivity index (χ4v) is 1.08. The molecule has 5 heteroatoms. The minimum atomic E-state index is 0. The van der Waals surface area contributed by atoms with Crippen LogP contribution in [-0.4, -0.2) is 34.1 Å². The molecule has 0 radical (unpaired) electrons. The molecule has 14 heavy (non-hydrogen) atoms. The van der Waals surface area contributed by atoms with Crippen LogP contribution in [0.5, 0.6) is 5.88 Å². The van der Waals surface area contributed by atoms with E-state index in [0.29, 0.717) is 6.10 Å². The van der Waals surface area contributed by atoms with Gasteiger partial charge in [-0.2, -0.15) is 0 Å². The van der Waals surface area contributed by atoms with E-state index in [9.17, 15) is 0 Å². The SMILES string of the molecule is [Cl-].[Cl-].[Mg+2].c1ccc(OC2CCC2)nc1. The van der Waals surface area contributed by atoms with E-state index in [1.807, 2.05) is 18.2 Å². The molecular formula is C9H11Cl2MgNO. The Morgan fingerprint density at radius 2 is 1.93 bits per heavy atom. The third kappa shape index (κ3) is 4.69. The number of nitrogens with zero attached hydrogens (tertiary/aromatic N) is 1. The van der Waals surface area contributed by atoms with Crippen LogP contribution in [0.15, 0.2) is 24.4 Å². The first kappa shape index (κ1) is 16.7. The molecule has 0 unspecified atom stereocenters. The van der Waals surface area contributed by atoms with Gasteiger partial charge in [0, 0.05) is 12.3 Å². The van der Waals surface area contributed by atoms with Crippen molar-refractivity contribution >= 4 is 23.1 Å². The van der Waals surface area contributed by atoms with Crippen molar-refractivity contribution in [1.82, 2.24) is 4.98 Å². The topological polar surface area (TPSA) is 22.1 Å². The van der Waals surface area contributed by atoms with E-state index >= 15 is 0 Å². The zero-order valence-electron chi connectivity index (χ0n) is 7.83. The minimum Gasteiger partial charge on any atom is -1.00 e. The second-order valence-corrected chi connectivity index (χ2v) is 2.84. The Hall–Kier alpha value is 0.296. The summed E-state index contributed by atoms with van der Waals surface area (Å²) in [5.74, 6) is 0.761. The Morgan fingerprint density at radius 3 is 2.36 bits per heavy atom. The molecule has 2 nitrogen and oxygen atoms in total. The van der Waals surface area contributed by atoms with E-state index < -0.39 is 0 Å². The minimum absolute atomic E-state index is 0. The van der Waals surface area contributed by atoms with E-state index in [-0.39, 0.29) is 47.9 Å². The molecule has 2 rings (SSSR count). The van der Waals surface area contributed by atoms with Crippen molar-refractivity contribution in [3.8, 4) is 5.88 Å². The summed E-state index contributed by atoms with van der Waals surface area (Å²) < 4.78 is 5.54. The summed E-state index contributed by atoms with van der Waals surface area (Å²) in [5, 5.41) is 0. The summed E-state index contributed by atoms with van der Waals surface area (Å²) in [6, 6.07) is 5.74. The van der Waals surface area contributed by atoms with Crippen LogP contribution in [0.1, 0.15) is 19.3 Å². The molecule has 1 aliphatic carbocycles. The molecule has 0 bridgehead atoms. The van der Waals surface area contributed by atoms with Crippen LogP contribution in [0.25, 0.3) is 0 Å². The monoisotopic (exact) mass is 243 g/mol. The van der Waals surface area contributed by atoms with E-state index in [1.54, 1.807) is 6.20 Å². The van der Waals surface area contributed by atoms with E-state index in [1.165, 1.54) is 19.3 Å². The molecule has 1 aromatic heterocycles. The third-order valence-corrected chi connectivity index (χ3v) is 1.98. The Balaban J connectivity index is 0. The first-order valence-corrected chi connectivity index (χ1v) is 4.03. The smallest absolute Gasteiger partial charge is 1.00 e. The summed E-state index contributed by atoms with van der Waals surface area (Å²) in [6.07, 6.45) is 5.88. The molecule has 0 aromatic carbocycles.